The van der Waals surface area contributed by atoms with Crippen molar-refractivity contribution < 1.29 is 4.42 Å². The van der Waals surface area contributed by atoms with Crippen LogP contribution >= 0.6 is 23.4 Å². The van der Waals surface area contributed by atoms with E-state index in [9.17, 15) is 0 Å². The third kappa shape index (κ3) is 3.48. The smallest absolute Gasteiger partial charge is 0.281 e. The minimum absolute atomic E-state index is 0.123. The first kappa shape index (κ1) is 13.4. The second-order valence-electron chi connectivity index (χ2n) is 4.14. The minimum atomic E-state index is 0.123. The van der Waals surface area contributed by atoms with Gasteiger partial charge in [0, 0.05) is 17.9 Å². The SMILES string of the molecule is Cc1nnc(Sc2ccc(CC(C)N)cc2Cl)o1. The van der Waals surface area contributed by atoms with Crippen LogP contribution in [0.15, 0.2) is 32.7 Å². The highest BCUT2D eigenvalue weighted by Gasteiger charge is 2.09. The molecule has 18 heavy (non-hydrogen) atoms. The van der Waals surface area contributed by atoms with E-state index in [4.69, 9.17) is 21.8 Å². The zero-order valence-corrected chi connectivity index (χ0v) is 11.8. The molecule has 0 radical (unpaired) electrons. The molecule has 2 rings (SSSR count). The van der Waals surface area contributed by atoms with Gasteiger partial charge in [0.05, 0.1) is 5.02 Å². The largest absolute Gasteiger partial charge is 0.416 e. The van der Waals surface area contributed by atoms with Crippen molar-refractivity contribution in [1.29, 1.82) is 0 Å². The third-order valence-electron chi connectivity index (χ3n) is 2.26. The summed E-state index contributed by atoms with van der Waals surface area (Å²) in [5.74, 6) is 0.544. The Morgan fingerprint density at radius 2 is 2.22 bits per heavy atom. The van der Waals surface area contributed by atoms with Crippen LogP contribution < -0.4 is 5.73 Å². The van der Waals surface area contributed by atoms with Crippen molar-refractivity contribution in [1.82, 2.24) is 10.2 Å². The lowest BCUT2D eigenvalue weighted by atomic mass is 10.1. The molecule has 0 amide bonds. The van der Waals surface area contributed by atoms with Crippen LogP contribution in [0, 0.1) is 6.92 Å². The van der Waals surface area contributed by atoms with E-state index in [1.54, 1.807) is 6.92 Å². The molecule has 1 unspecified atom stereocenters. The number of aromatic nitrogens is 2. The predicted molar refractivity (Wildman–Crippen MR) is 72.0 cm³/mol. The lowest BCUT2D eigenvalue weighted by molar-refractivity contribution is 0.429. The summed E-state index contributed by atoms with van der Waals surface area (Å²) in [6.07, 6.45) is 0.810. The monoisotopic (exact) mass is 283 g/mol. The molecule has 2 aromatic rings. The lowest BCUT2D eigenvalue weighted by Gasteiger charge is -2.07. The summed E-state index contributed by atoms with van der Waals surface area (Å²) < 4.78 is 5.30. The Morgan fingerprint density at radius 3 is 2.78 bits per heavy atom. The van der Waals surface area contributed by atoms with Gasteiger partial charge in [-0.2, -0.15) is 0 Å². The van der Waals surface area contributed by atoms with Crippen molar-refractivity contribution in [2.75, 3.05) is 0 Å². The van der Waals surface area contributed by atoms with Crippen molar-refractivity contribution in [2.45, 2.75) is 36.4 Å². The maximum absolute atomic E-state index is 6.22. The van der Waals surface area contributed by atoms with Crippen LogP contribution in [0.4, 0.5) is 0 Å². The zero-order valence-electron chi connectivity index (χ0n) is 10.2. The fraction of sp³-hybridized carbons (Fsp3) is 0.333. The lowest BCUT2D eigenvalue weighted by Crippen LogP contribution is -2.17. The van der Waals surface area contributed by atoms with Crippen molar-refractivity contribution in [3.05, 3.63) is 34.7 Å². The average molecular weight is 284 g/mol. The van der Waals surface area contributed by atoms with E-state index in [0.717, 1.165) is 16.9 Å². The molecular formula is C12H14ClN3OS. The normalized spacial score (nSPS) is 12.7. The molecular weight excluding hydrogens is 270 g/mol. The van der Waals surface area contributed by atoms with E-state index < -0.39 is 0 Å². The highest BCUT2D eigenvalue weighted by molar-refractivity contribution is 7.99. The molecule has 0 aliphatic carbocycles. The van der Waals surface area contributed by atoms with Crippen molar-refractivity contribution >= 4 is 23.4 Å². The van der Waals surface area contributed by atoms with E-state index >= 15 is 0 Å². The van der Waals surface area contributed by atoms with Gasteiger partial charge in [-0.25, -0.2) is 0 Å². The first-order valence-corrected chi connectivity index (χ1v) is 6.76. The van der Waals surface area contributed by atoms with E-state index in [-0.39, 0.29) is 6.04 Å². The summed E-state index contributed by atoms with van der Waals surface area (Å²) in [4.78, 5) is 0.897. The Bertz CT molecular complexity index is 542. The Morgan fingerprint density at radius 1 is 1.44 bits per heavy atom. The number of hydrogen-bond donors (Lipinski definition) is 1. The molecule has 0 bridgehead atoms. The topological polar surface area (TPSA) is 64.9 Å². The number of halogens is 1. The summed E-state index contributed by atoms with van der Waals surface area (Å²) in [6.45, 7) is 3.72. The van der Waals surface area contributed by atoms with E-state index in [2.05, 4.69) is 10.2 Å². The molecule has 96 valence electrons. The first-order valence-electron chi connectivity index (χ1n) is 5.56. The van der Waals surface area contributed by atoms with Crippen LogP contribution in [0.1, 0.15) is 18.4 Å². The fourth-order valence-corrected chi connectivity index (χ4v) is 2.58. The van der Waals surface area contributed by atoms with Gasteiger partial charge in [0.15, 0.2) is 0 Å². The van der Waals surface area contributed by atoms with Crippen LogP contribution in [0.25, 0.3) is 0 Å². The van der Waals surface area contributed by atoms with E-state index in [0.29, 0.717) is 16.1 Å². The van der Waals surface area contributed by atoms with Gasteiger partial charge in [-0.3, -0.25) is 0 Å². The van der Waals surface area contributed by atoms with Gasteiger partial charge in [-0.05, 0) is 42.8 Å². The Labute approximate surface area is 115 Å². The molecule has 0 spiro atoms. The number of benzene rings is 1. The molecule has 4 nitrogen and oxygen atoms in total. The first-order chi connectivity index (χ1) is 8.54. The number of rotatable bonds is 4. The van der Waals surface area contributed by atoms with Crippen molar-refractivity contribution in [2.24, 2.45) is 5.73 Å². The van der Waals surface area contributed by atoms with Gasteiger partial charge in [0.2, 0.25) is 5.89 Å². The van der Waals surface area contributed by atoms with Gasteiger partial charge in [0.1, 0.15) is 0 Å². The second kappa shape index (κ2) is 5.73. The highest BCUT2D eigenvalue weighted by Crippen LogP contribution is 2.33. The Kier molecular flexibility index (Phi) is 4.27. The maximum Gasteiger partial charge on any atom is 0.281 e. The molecule has 0 fully saturated rings. The van der Waals surface area contributed by atoms with Crippen LogP contribution in [0.3, 0.4) is 0 Å². The van der Waals surface area contributed by atoms with Crippen LogP contribution in [0.2, 0.25) is 5.02 Å². The molecule has 1 atom stereocenters. The number of nitrogens with zero attached hydrogens (tertiary/aromatic N) is 2. The number of nitrogens with two attached hydrogens (primary N) is 1. The van der Waals surface area contributed by atoms with Crippen molar-refractivity contribution in [3.63, 3.8) is 0 Å². The molecule has 0 saturated heterocycles. The third-order valence-corrected chi connectivity index (χ3v) is 3.60. The zero-order chi connectivity index (χ0) is 13.1. The highest BCUT2D eigenvalue weighted by atomic mass is 35.5. The molecule has 1 aromatic heterocycles. The summed E-state index contributed by atoms with van der Waals surface area (Å²) >= 11 is 7.58. The summed E-state index contributed by atoms with van der Waals surface area (Å²) in [5, 5.41) is 8.86. The van der Waals surface area contributed by atoms with Gasteiger partial charge in [-0.1, -0.05) is 17.7 Å². The molecule has 1 aromatic carbocycles. The summed E-state index contributed by atoms with van der Waals surface area (Å²) in [7, 11) is 0. The molecule has 2 N–H and O–H groups in total. The van der Waals surface area contributed by atoms with E-state index in [1.807, 2.05) is 25.1 Å². The van der Waals surface area contributed by atoms with Gasteiger partial charge >= 0.3 is 0 Å². The predicted octanol–water partition coefficient (Wildman–Crippen LogP) is 3.07. The van der Waals surface area contributed by atoms with Gasteiger partial charge in [0.25, 0.3) is 5.22 Å². The van der Waals surface area contributed by atoms with Gasteiger partial charge < -0.3 is 10.2 Å². The Balaban J connectivity index is 2.14. The molecule has 0 aliphatic rings. The van der Waals surface area contributed by atoms with Crippen LogP contribution in [-0.2, 0) is 6.42 Å². The van der Waals surface area contributed by atoms with Crippen molar-refractivity contribution in [3.8, 4) is 0 Å². The molecule has 1 heterocycles. The van der Waals surface area contributed by atoms with Crippen LogP contribution in [0.5, 0.6) is 0 Å². The molecule has 6 heteroatoms. The number of aryl methyl sites for hydroxylation is 1. The average Bonchev–Trinajstić information content (AvgIpc) is 2.67. The minimum Gasteiger partial charge on any atom is -0.416 e. The standard InChI is InChI=1S/C12H14ClN3OS/c1-7(14)5-9-3-4-11(10(13)6-9)18-12-16-15-8(2)17-12/h3-4,6-7H,5,14H2,1-2H3. The quantitative estimate of drug-likeness (QED) is 0.934. The van der Waals surface area contributed by atoms with Gasteiger partial charge in [-0.15, -0.1) is 10.2 Å². The van der Waals surface area contributed by atoms with Crippen LogP contribution in [-0.4, -0.2) is 16.2 Å². The second-order valence-corrected chi connectivity index (χ2v) is 5.54. The summed E-state index contributed by atoms with van der Waals surface area (Å²) in [5.41, 5.74) is 6.88. The fourth-order valence-electron chi connectivity index (χ4n) is 1.54. The Hall–Kier alpha value is -1.04. The number of hydrogen-bond acceptors (Lipinski definition) is 5. The maximum atomic E-state index is 6.22. The molecule has 0 saturated carbocycles. The molecule has 0 aliphatic heterocycles. The van der Waals surface area contributed by atoms with E-state index in [1.165, 1.54) is 11.8 Å². The summed E-state index contributed by atoms with van der Waals surface area (Å²) in [6, 6.07) is 6.01.